The average molecular weight is 617 g/mol. The summed E-state index contributed by atoms with van der Waals surface area (Å²) >= 11 is 6.12. The first kappa shape index (κ1) is 30.1. The standard InChI is InChI=1S/C22H19ClN2Si.C18H15B/c23-20-11-13-21(14-12-20)26-22(25-16-15-24-17-25,18-7-3-1-4-8-18)19-9-5-2-6-10-19;1-4-10-16(11-5-1)19(17-12-6-2-7-13-17)18-14-8-3-9-15-18/h1-17H,26H2;1-15H. The van der Waals surface area contributed by atoms with Crippen molar-refractivity contribution in [2.45, 2.75) is 5.16 Å². The quantitative estimate of drug-likeness (QED) is 0.192. The van der Waals surface area contributed by atoms with Crippen LogP contribution in [0.4, 0.5) is 0 Å². The Kier molecular flexibility index (Phi) is 9.86. The van der Waals surface area contributed by atoms with Gasteiger partial charge in [-0.05, 0) is 23.3 Å². The molecule has 0 aliphatic rings. The number of rotatable bonds is 8. The van der Waals surface area contributed by atoms with Crippen LogP contribution in [0.5, 0.6) is 0 Å². The van der Waals surface area contributed by atoms with Crippen molar-refractivity contribution in [1.29, 1.82) is 0 Å². The van der Waals surface area contributed by atoms with Crippen molar-refractivity contribution in [3.63, 3.8) is 0 Å². The number of aromatic nitrogens is 2. The fourth-order valence-corrected chi connectivity index (χ4v) is 8.52. The van der Waals surface area contributed by atoms with Crippen LogP contribution in [0.2, 0.25) is 5.02 Å². The molecule has 218 valence electrons. The first-order chi connectivity index (χ1) is 22.2. The van der Waals surface area contributed by atoms with Crippen LogP contribution in [0.15, 0.2) is 195 Å². The van der Waals surface area contributed by atoms with Gasteiger partial charge < -0.3 is 4.57 Å². The van der Waals surface area contributed by atoms with Crippen LogP contribution in [-0.4, -0.2) is 25.8 Å². The minimum Gasteiger partial charge on any atom is -0.326 e. The van der Waals surface area contributed by atoms with Crippen molar-refractivity contribution in [2.75, 3.05) is 0 Å². The summed E-state index contributed by atoms with van der Waals surface area (Å²) in [6.07, 6.45) is 5.86. The Balaban J connectivity index is 0.000000167. The van der Waals surface area contributed by atoms with E-state index in [4.69, 9.17) is 11.6 Å². The molecule has 0 saturated carbocycles. The third-order valence-electron chi connectivity index (χ3n) is 8.22. The highest BCUT2D eigenvalue weighted by Crippen LogP contribution is 2.33. The Morgan fingerprint density at radius 2 is 0.911 bits per heavy atom. The van der Waals surface area contributed by atoms with Gasteiger partial charge in [0.05, 0.1) is 21.0 Å². The van der Waals surface area contributed by atoms with E-state index in [2.05, 4.69) is 180 Å². The highest BCUT2D eigenvalue weighted by molar-refractivity contribution is 6.95. The molecule has 0 atom stereocenters. The highest BCUT2D eigenvalue weighted by Gasteiger charge is 2.36. The van der Waals surface area contributed by atoms with E-state index in [1.54, 1.807) is 0 Å². The Morgan fingerprint density at radius 3 is 1.29 bits per heavy atom. The molecule has 1 heterocycles. The molecule has 0 unspecified atom stereocenters. The van der Waals surface area contributed by atoms with Gasteiger partial charge in [0.1, 0.15) is 0 Å². The van der Waals surface area contributed by atoms with Gasteiger partial charge in [0.25, 0.3) is 0 Å². The fourth-order valence-electron chi connectivity index (χ4n) is 6.08. The lowest BCUT2D eigenvalue weighted by atomic mass is 9.37. The van der Waals surface area contributed by atoms with E-state index in [0.717, 1.165) is 5.02 Å². The summed E-state index contributed by atoms with van der Waals surface area (Å²) in [6.45, 7) is 0.309. The first-order valence-electron chi connectivity index (χ1n) is 15.2. The lowest BCUT2D eigenvalue weighted by molar-refractivity contribution is 0.596. The minimum absolute atomic E-state index is 0.243. The molecular formula is C40H34BClN2Si. The van der Waals surface area contributed by atoms with Gasteiger partial charge in [0.15, 0.2) is 0 Å². The van der Waals surface area contributed by atoms with E-state index in [0.29, 0.717) is 6.71 Å². The number of halogens is 1. The Morgan fingerprint density at radius 1 is 0.511 bits per heavy atom. The zero-order valence-corrected chi connectivity index (χ0v) is 27.2. The maximum Gasteiger partial charge on any atom is 0.241 e. The van der Waals surface area contributed by atoms with Gasteiger partial charge in [-0.25, -0.2) is 4.98 Å². The smallest absolute Gasteiger partial charge is 0.241 e. The van der Waals surface area contributed by atoms with Crippen molar-refractivity contribution >= 4 is 49.4 Å². The van der Waals surface area contributed by atoms with E-state index in [-0.39, 0.29) is 5.16 Å². The van der Waals surface area contributed by atoms with Crippen LogP contribution < -0.4 is 21.6 Å². The number of hydrogen-bond acceptors (Lipinski definition) is 1. The summed E-state index contributed by atoms with van der Waals surface area (Å²) in [5, 5.41) is 1.89. The monoisotopic (exact) mass is 616 g/mol. The van der Waals surface area contributed by atoms with Crippen molar-refractivity contribution < 1.29 is 0 Å². The zero-order chi connectivity index (χ0) is 30.7. The summed E-state index contributed by atoms with van der Waals surface area (Å²) < 4.78 is 2.26. The summed E-state index contributed by atoms with van der Waals surface area (Å²) in [4.78, 5) is 4.36. The Labute approximate surface area is 273 Å². The summed E-state index contributed by atoms with van der Waals surface area (Å²) in [7, 11) is -0.821. The normalized spacial score (nSPS) is 11.1. The van der Waals surface area contributed by atoms with Gasteiger partial charge in [-0.2, -0.15) is 0 Å². The number of hydrogen-bond donors (Lipinski definition) is 0. The fraction of sp³-hybridized carbons (Fsp3) is 0.0250. The molecule has 6 aromatic carbocycles. The van der Waals surface area contributed by atoms with Crippen LogP contribution in [0, 0.1) is 0 Å². The molecule has 7 rings (SSSR count). The zero-order valence-electron chi connectivity index (χ0n) is 25.0. The predicted octanol–water partition coefficient (Wildman–Crippen LogP) is 5.98. The summed E-state index contributed by atoms with van der Waals surface area (Å²) in [6, 6.07) is 61.8. The molecule has 0 aliphatic heterocycles. The summed E-state index contributed by atoms with van der Waals surface area (Å²) in [5.74, 6) is 0. The second-order valence-corrected chi connectivity index (χ2v) is 13.7. The van der Waals surface area contributed by atoms with E-state index in [9.17, 15) is 0 Å². The van der Waals surface area contributed by atoms with Crippen LogP contribution in [0.25, 0.3) is 0 Å². The second kappa shape index (κ2) is 14.7. The van der Waals surface area contributed by atoms with Crippen molar-refractivity contribution in [1.82, 2.24) is 9.55 Å². The van der Waals surface area contributed by atoms with Crippen LogP contribution >= 0.6 is 11.6 Å². The molecule has 0 saturated heterocycles. The van der Waals surface area contributed by atoms with Gasteiger partial charge in [0, 0.05) is 17.4 Å². The lowest BCUT2D eigenvalue weighted by Crippen LogP contribution is -2.51. The van der Waals surface area contributed by atoms with E-state index >= 15 is 0 Å². The molecule has 0 fully saturated rings. The molecule has 0 aliphatic carbocycles. The van der Waals surface area contributed by atoms with Gasteiger partial charge >= 0.3 is 0 Å². The molecule has 45 heavy (non-hydrogen) atoms. The topological polar surface area (TPSA) is 17.8 Å². The third kappa shape index (κ3) is 7.09. The molecule has 7 aromatic rings. The Bertz CT molecular complexity index is 1720. The van der Waals surface area contributed by atoms with Gasteiger partial charge in [-0.1, -0.05) is 197 Å². The SMILES string of the molecule is Clc1ccc([SiH2]C(c2ccccc2)(c2ccccc2)n2ccnc2)cc1.c1ccc(B(c2ccccc2)c2ccccc2)cc1. The molecule has 0 amide bonds. The Hall–Kier alpha value is -4.90. The molecular weight excluding hydrogens is 583 g/mol. The second-order valence-electron chi connectivity index (χ2n) is 11.0. The van der Waals surface area contributed by atoms with Crippen molar-refractivity contribution in [3.05, 3.63) is 211 Å². The summed E-state index contributed by atoms with van der Waals surface area (Å²) in [5.41, 5.74) is 6.57. The van der Waals surface area contributed by atoms with E-state index in [1.165, 1.54) is 32.7 Å². The van der Waals surface area contributed by atoms with Gasteiger partial charge in [-0.15, -0.1) is 0 Å². The maximum absolute atomic E-state index is 6.12. The molecule has 0 bridgehead atoms. The largest absolute Gasteiger partial charge is 0.326 e. The number of nitrogens with zero attached hydrogens (tertiary/aromatic N) is 2. The van der Waals surface area contributed by atoms with Crippen LogP contribution in [-0.2, 0) is 5.16 Å². The molecule has 0 radical (unpaired) electrons. The van der Waals surface area contributed by atoms with E-state index in [1.807, 2.05) is 24.7 Å². The first-order valence-corrected chi connectivity index (χ1v) is 17.0. The molecule has 2 nitrogen and oxygen atoms in total. The molecule has 5 heteroatoms. The molecule has 0 N–H and O–H groups in total. The number of benzene rings is 6. The predicted molar refractivity (Wildman–Crippen MR) is 195 cm³/mol. The average Bonchev–Trinajstić information content (AvgIpc) is 3.67. The van der Waals surface area contributed by atoms with Crippen molar-refractivity contribution in [2.24, 2.45) is 0 Å². The maximum atomic E-state index is 6.12. The lowest BCUT2D eigenvalue weighted by Gasteiger charge is -2.37. The molecule has 1 aromatic heterocycles. The van der Waals surface area contributed by atoms with Crippen LogP contribution in [0.1, 0.15) is 11.1 Å². The van der Waals surface area contributed by atoms with Gasteiger partial charge in [-0.3, -0.25) is 0 Å². The van der Waals surface area contributed by atoms with Crippen LogP contribution in [0.3, 0.4) is 0 Å². The van der Waals surface area contributed by atoms with Gasteiger partial charge in [0.2, 0.25) is 6.71 Å². The number of imidazole rings is 1. The third-order valence-corrected chi connectivity index (χ3v) is 11.0. The van der Waals surface area contributed by atoms with Crippen molar-refractivity contribution in [3.8, 4) is 0 Å². The van der Waals surface area contributed by atoms with E-state index < -0.39 is 9.52 Å². The molecule has 0 spiro atoms. The minimum atomic E-state index is -0.821. The highest BCUT2D eigenvalue weighted by atomic mass is 35.5.